The summed E-state index contributed by atoms with van der Waals surface area (Å²) in [5, 5.41) is 3.36. The molecule has 2 nitrogen and oxygen atoms in total. The molecule has 1 aromatic carbocycles. The molecule has 0 unspecified atom stereocenters. The summed E-state index contributed by atoms with van der Waals surface area (Å²) in [5.74, 6) is 0. The fraction of sp³-hybridized carbons (Fsp3) is 0.538. The van der Waals surface area contributed by atoms with Crippen LogP contribution in [-0.2, 0) is 6.54 Å². The van der Waals surface area contributed by atoms with Crippen molar-refractivity contribution in [2.45, 2.75) is 20.4 Å². The largest absolute Gasteiger partial charge is 0.316 e. The van der Waals surface area contributed by atoms with E-state index < -0.39 is 0 Å². The Morgan fingerprint density at radius 3 is 2.24 bits per heavy atom. The van der Waals surface area contributed by atoms with Crippen molar-refractivity contribution in [1.82, 2.24) is 10.2 Å². The molecule has 0 aliphatic rings. The van der Waals surface area contributed by atoms with Gasteiger partial charge in [0.25, 0.3) is 0 Å². The van der Waals surface area contributed by atoms with Crippen molar-refractivity contribution in [2.75, 3.05) is 26.2 Å². The molecule has 1 N–H and O–H groups in total. The Kier molecular flexibility index (Phi) is 13.7. The van der Waals surface area contributed by atoms with Gasteiger partial charge in [-0.15, -0.1) is 24.8 Å². The van der Waals surface area contributed by atoms with Gasteiger partial charge in [-0.05, 0) is 18.7 Å². The third-order valence-corrected chi connectivity index (χ3v) is 2.55. The molecule has 0 heterocycles. The monoisotopic (exact) mass is 278 g/mol. The summed E-state index contributed by atoms with van der Waals surface area (Å²) in [7, 11) is 0. The number of halogens is 2. The molecule has 0 amide bonds. The smallest absolute Gasteiger partial charge is 0.0234 e. The van der Waals surface area contributed by atoms with E-state index in [1.807, 2.05) is 0 Å². The normalized spacial score (nSPS) is 9.59. The van der Waals surface area contributed by atoms with Crippen LogP contribution in [0.4, 0.5) is 0 Å². The SMILES string of the molecule is CCNCCN(CC)Cc1ccccc1.Cl.Cl. The number of likely N-dealkylation sites (N-methyl/N-ethyl adjacent to an activating group) is 2. The van der Waals surface area contributed by atoms with E-state index in [0.717, 1.165) is 32.7 Å². The van der Waals surface area contributed by atoms with Gasteiger partial charge in [0.1, 0.15) is 0 Å². The zero-order valence-electron chi connectivity index (χ0n) is 10.7. The summed E-state index contributed by atoms with van der Waals surface area (Å²) in [5.41, 5.74) is 1.40. The highest BCUT2D eigenvalue weighted by Crippen LogP contribution is 2.03. The van der Waals surface area contributed by atoms with E-state index >= 15 is 0 Å². The van der Waals surface area contributed by atoms with Crippen LogP contribution in [0.1, 0.15) is 19.4 Å². The van der Waals surface area contributed by atoms with Crippen molar-refractivity contribution in [2.24, 2.45) is 0 Å². The minimum Gasteiger partial charge on any atom is -0.316 e. The van der Waals surface area contributed by atoms with Crippen LogP contribution in [0.3, 0.4) is 0 Å². The Balaban J connectivity index is 0. The number of hydrogen-bond acceptors (Lipinski definition) is 2. The van der Waals surface area contributed by atoms with Crippen LogP contribution in [0.25, 0.3) is 0 Å². The van der Waals surface area contributed by atoms with Gasteiger partial charge in [0.2, 0.25) is 0 Å². The molecule has 17 heavy (non-hydrogen) atoms. The molecule has 0 saturated carbocycles. The van der Waals surface area contributed by atoms with E-state index in [-0.39, 0.29) is 24.8 Å². The van der Waals surface area contributed by atoms with Crippen molar-refractivity contribution in [3.63, 3.8) is 0 Å². The van der Waals surface area contributed by atoms with E-state index in [1.165, 1.54) is 5.56 Å². The molecule has 0 radical (unpaired) electrons. The molecule has 1 rings (SSSR count). The fourth-order valence-electron chi connectivity index (χ4n) is 1.60. The lowest BCUT2D eigenvalue weighted by Gasteiger charge is -2.20. The fourth-order valence-corrected chi connectivity index (χ4v) is 1.60. The summed E-state index contributed by atoms with van der Waals surface area (Å²) >= 11 is 0. The van der Waals surface area contributed by atoms with Gasteiger partial charge in [-0.3, -0.25) is 4.90 Å². The van der Waals surface area contributed by atoms with E-state index in [9.17, 15) is 0 Å². The average Bonchev–Trinajstić information content (AvgIpc) is 2.29. The molecule has 0 aliphatic heterocycles. The van der Waals surface area contributed by atoms with Crippen LogP contribution >= 0.6 is 24.8 Å². The number of benzene rings is 1. The minimum atomic E-state index is 0. The number of rotatable bonds is 7. The zero-order valence-corrected chi connectivity index (χ0v) is 12.3. The predicted octanol–water partition coefficient (Wildman–Crippen LogP) is 2.96. The molecule has 100 valence electrons. The maximum Gasteiger partial charge on any atom is 0.0234 e. The lowest BCUT2D eigenvalue weighted by Crippen LogP contribution is -2.31. The highest BCUT2D eigenvalue weighted by atomic mass is 35.5. The average molecular weight is 279 g/mol. The minimum absolute atomic E-state index is 0. The van der Waals surface area contributed by atoms with Crippen LogP contribution in [0.15, 0.2) is 30.3 Å². The summed E-state index contributed by atoms with van der Waals surface area (Å²) in [6, 6.07) is 10.7. The van der Waals surface area contributed by atoms with Gasteiger partial charge in [-0.25, -0.2) is 0 Å². The van der Waals surface area contributed by atoms with Crippen molar-refractivity contribution in [3.8, 4) is 0 Å². The summed E-state index contributed by atoms with van der Waals surface area (Å²) < 4.78 is 0. The molecule has 0 aliphatic carbocycles. The summed E-state index contributed by atoms with van der Waals surface area (Å²) in [4.78, 5) is 2.46. The van der Waals surface area contributed by atoms with Gasteiger partial charge in [0.05, 0.1) is 0 Å². The highest BCUT2D eigenvalue weighted by Gasteiger charge is 2.01. The molecular weight excluding hydrogens is 255 g/mol. The van der Waals surface area contributed by atoms with Gasteiger partial charge in [0, 0.05) is 19.6 Å². The third-order valence-electron chi connectivity index (χ3n) is 2.55. The van der Waals surface area contributed by atoms with Crippen molar-refractivity contribution >= 4 is 24.8 Å². The number of hydrogen-bond donors (Lipinski definition) is 1. The second-order valence-corrected chi connectivity index (χ2v) is 3.71. The molecule has 1 aromatic rings. The second-order valence-electron chi connectivity index (χ2n) is 3.71. The molecular formula is C13H24Cl2N2. The number of nitrogens with zero attached hydrogens (tertiary/aromatic N) is 1. The molecule has 0 fully saturated rings. The van der Waals surface area contributed by atoms with Gasteiger partial charge >= 0.3 is 0 Å². The number of nitrogens with one attached hydrogen (secondary N) is 1. The van der Waals surface area contributed by atoms with Crippen molar-refractivity contribution in [1.29, 1.82) is 0 Å². The quantitative estimate of drug-likeness (QED) is 0.772. The van der Waals surface area contributed by atoms with E-state index in [1.54, 1.807) is 0 Å². The molecule has 0 spiro atoms. The first-order valence-electron chi connectivity index (χ1n) is 5.83. The Morgan fingerprint density at radius 2 is 1.71 bits per heavy atom. The standard InChI is InChI=1S/C13H22N2.2ClH/c1-3-14-10-11-15(4-2)12-13-8-6-5-7-9-13;;/h5-9,14H,3-4,10-12H2,1-2H3;2*1H. The second kappa shape index (κ2) is 12.2. The lowest BCUT2D eigenvalue weighted by molar-refractivity contribution is 0.280. The molecule has 0 saturated heterocycles. The van der Waals surface area contributed by atoms with E-state index in [2.05, 4.69) is 54.4 Å². The van der Waals surface area contributed by atoms with Gasteiger partial charge in [0.15, 0.2) is 0 Å². The predicted molar refractivity (Wildman–Crippen MR) is 80.4 cm³/mol. The van der Waals surface area contributed by atoms with Gasteiger partial charge in [-0.2, -0.15) is 0 Å². The topological polar surface area (TPSA) is 15.3 Å². The van der Waals surface area contributed by atoms with Crippen molar-refractivity contribution in [3.05, 3.63) is 35.9 Å². The molecule has 4 heteroatoms. The lowest BCUT2D eigenvalue weighted by atomic mass is 10.2. The first-order valence-corrected chi connectivity index (χ1v) is 5.83. The first-order chi connectivity index (χ1) is 7.36. The van der Waals surface area contributed by atoms with Crippen LogP contribution in [-0.4, -0.2) is 31.1 Å². The van der Waals surface area contributed by atoms with Crippen LogP contribution in [0.5, 0.6) is 0 Å². The zero-order chi connectivity index (χ0) is 10.9. The van der Waals surface area contributed by atoms with Gasteiger partial charge < -0.3 is 5.32 Å². The van der Waals surface area contributed by atoms with Crippen LogP contribution in [0.2, 0.25) is 0 Å². The highest BCUT2D eigenvalue weighted by molar-refractivity contribution is 5.85. The summed E-state index contributed by atoms with van der Waals surface area (Å²) in [6.07, 6.45) is 0. The van der Waals surface area contributed by atoms with Crippen LogP contribution in [0, 0.1) is 0 Å². The Morgan fingerprint density at radius 1 is 1.06 bits per heavy atom. The van der Waals surface area contributed by atoms with Gasteiger partial charge in [-0.1, -0.05) is 44.2 Å². The molecule has 0 bridgehead atoms. The third kappa shape index (κ3) is 8.44. The van der Waals surface area contributed by atoms with E-state index in [4.69, 9.17) is 0 Å². The van der Waals surface area contributed by atoms with Crippen LogP contribution < -0.4 is 5.32 Å². The molecule has 0 aromatic heterocycles. The molecule has 0 atom stereocenters. The maximum absolute atomic E-state index is 3.36. The Bertz CT molecular complexity index is 255. The summed E-state index contributed by atoms with van der Waals surface area (Å²) in [6.45, 7) is 9.80. The van der Waals surface area contributed by atoms with E-state index in [0.29, 0.717) is 0 Å². The first kappa shape index (κ1) is 19.1. The Labute approximate surface area is 118 Å². The van der Waals surface area contributed by atoms with Crippen molar-refractivity contribution < 1.29 is 0 Å². The Hall–Kier alpha value is -0.280. The maximum atomic E-state index is 3.36.